The predicted molar refractivity (Wildman–Crippen MR) is 92.1 cm³/mol. The highest BCUT2D eigenvalue weighted by Crippen LogP contribution is 2.40. The van der Waals surface area contributed by atoms with E-state index in [1.54, 1.807) is 30.0 Å². The molecule has 2 aliphatic rings. The number of nitrogens with zero attached hydrogens (tertiary/aromatic N) is 2. The molecule has 1 aromatic rings. The van der Waals surface area contributed by atoms with Crippen LogP contribution in [0.15, 0.2) is 18.2 Å². The van der Waals surface area contributed by atoms with Gasteiger partial charge in [0.2, 0.25) is 11.8 Å². The Balaban J connectivity index is 2.06. The third kappa shape index (κ3) is 3.00. The molecular weight excluding hydrogens is 320 g/mol. The second kappa shape index (κ2) is 6.84. The van der Waals surface area contributed by atoms with Crippen LogP contribution >= 0.6 is 0 Å². The molecule has 4 N–H and O–H groups in total. The van der Waals surface area contributed by atoms with Gasteiger partial charge in [-0.2, -0.15) is 0 Å². The Morgan fingerprint density at radius 3 is 2.52 bits per heavy atom. The molecule has 3 rings (SSSR count). The maximum absolute atomic E-state index is 13.0. The Hall–Kier alpha value is -2.41. The summed E-state index contributed by atoms with van der Waals surface area (Å²) in [7, 11) is 0. The Kier molecular flexibility index (Phi) is 4.76. The molecule has 0 spiro atoms. The lowest BCUT2D eigenvalue weighted by molar-refractivity contribution is -0.137. The summed E-state index contributed by atoms with van der Waals surface area (Å²) >= 11 is 0. The van der Waals surface area contributed by atoms with Gasteiger partial charge in [0, 0.05) is 29.2 Å². The van der Waals surface area contributed by atoms with Crippen molar-refractivity contribution in [1.82, 2.24) is 9.91 Å². The monoisotopic (exact) mass is 344 g/mol. The van der Waals surface area contributed by atoms with Crippen LogP contribution in [0.25, 0.3) is 0 Å². The van der Waals surface area contributed by atoms with E-state index < -0.39 is 12.1 Å². The van der Waals surface area contributed by atoms with Gasteiger partial charge in [0.15, 0.2) is 0 Å². The van der Waals surface area contributed by atoms with Gasteiger partial charge in [-0.3, -0.25) is 19.4 Å². The van der Waals surface area contributed by atoms with E-state index in [2.05, 4.69) is 0 Å². The molecule has 7 nitrogen and oxygen atoms in total. The number of carbonyl (C=O) groups excluding carboxylic acids is 3. The highest BCUT2D eigenvalue weighted by molar-refractivity contribution is 6.02. The summed E-state index contributed by atoms with van der Waals surface area (Å²) in [5.41, 5.74) is 6.75. The third-order valence-electron chi connectivity index (χ3n) is 5.16. The van der Waals surface area contributed by atoms with Gasteiger partial charge >= 0.3 is 0 Å². The molecule has 1 saturated carbocycles. The van der Waals surface area contributed by atoms with E-state index in [1.165, 1.54) is 0 Å². The standard InChI is InChI=1S/C18H24N4O3/c1-2-15(23)22(20)17-14-10-11(16(19)24)8-9-13(14)18(25)21(17)12-6-4-3-5-7-12/h8-10,12,17H,2-7,20H2,1H3,(H2,19,24). The first kappa shape index (κ1) is 17.4. The molecule has 1 aliphatic heterocycles. The number of hydrogen-bond acceptors (Lipinski definition) is 4. The van der Waals surface area contributed by atoms with Crippen molar-refractivity contribution in [3.8, 4) is 0 Å². The Labute approximate surface area is 146 Å². The molecule has 134 valence electrons. The number of primary amides is 1. The lowest BCUT2D eigenvalue weighted by Gasteiger charge is -2.39. The van der Waals surface area contributed by atoms with E-state index in [-0.39, 0.29) is 24.3 Å². The van der Waals surface area contributed by atoms with E-state index in [4.69, 9.17) is 11.6 Å². The Morgan fingerprint density at radius 1 is 1.24 bits per heavy atom. The van der Waals surface area contributed by atoms with Crippen LogP contribution in [0.3, 0.4) is 0 Å². The minimum absolute atomic E-state index is 0.0476. The molecule has 0 saturated heterocycles. The maximum atomic E-state index is 13.0. The quantitative estimate of drug-likeness (QED) is 0.492. The molecule has 3 amide bonds. The van der Waals surface area contributed by atoms with Crippen LogP contribution < -0.4 is 11.6 Å². The third-order valence-corrected chi connectivity index (χ3v) is 5.16. The molecule has 1 unspecified atom stereocenters. The molecule has 25 heavy (non-hydrogen) atoms. The number of hydrazine groups is 1. The number of nitrogens with two attached hydrogens (primary N) is 2. The van der Waals surface area contributed by atoms with Crippen LogP contribution in [-0.4, -0.2) is 33.7 Å². The largest absolute Gasteiger partial charge is 0.366 e. The van der Waals surface area contributed by atoms with Crippen LogP contribution in [0.4, 0.5) is 0 Å². The highest BCUT2D eigenvalue weighted by Gasteiger charge is 2.44. The van der Waals surface area contributed by atoms with E-state index in [9.17, 15) is 14.4 Å². The van der Waals surface area contributed by atoms with Crippen molar-refractivity contribution in [1.29, 1.82) is 0 Å². The smallest absolute Gasteiger partial charge is 0.256 e. The van der Waals surface area contributed by atoms with Crippen molar-refractivity contribution in [3.05, 3.63) is 34.9 Å². The fourth-order valence-electron chi connectivity index (χ4n) is 3.85. The number of benzene rings is 1. The second-order valence-corrected chi connectivity index (χ2v) is 6.70. The molecule has 1 heterocycles. The van der Waals surface area contributed by atoms with E-state index in [1.807, 2.05) is 0 Å². The van der Waals surface area contributed by atoms with Crippen LogP contribution in [-0.2, 0) is 4.79 Å². The Morgan fingerprint density at radius 2 is 1.92 bits per heavy atom. The van der Waals surface area contributed by atoms with Crippen LogP contribution in [0, 0.1) is 0 Å². The average Bonchev–Trinajstić information content (AvgIpc) is 2.93. The van der Waals surface area contributed by atoms with Crippen molar-refractivity contribution < 1.29 is 14.4 Å². The predicted octanol–water partition coefficient (Wildman–Crippen LogP) is 1.68. The lowest BCUT2D eigenvalue weighted by Crippen LogP contribution is -2.50. The minimum Gasteiger partial charge on any atom is -0.366 e. The molecule has 1 aromatic carbocycles. The summed E-state index contributed by atoms with van der Waals surface area (Å²) in [5, 5.41) is 1.13. The van der Waals surface area contributed by atoms with Crippen LogP contribution in [0.2, 0.25) is 0 Å². The van der Waals surface area contributed by atoms with Gasteiger partial charge in [-0.25, -0.2) is 5.84 Å². The molecular formula is C18H24N4O3. The van der Waals surface area contributed by atoms with Gasteiger partial charge in [-0.15, -0.1) is 0 Å². The normalized spacial score (nSPS) is 20.5. The molecule has 0 aromatic heterocycles. The molecule has 1 atom stereocenters. The highest BCUT2D eigenvalue weighted by atomic mass is 16.2. The molecule has 7 heteroatoms. The van der Waals surface area contributed by atoms with E-state index in [0.29, 0.717) is 16.7 Å². The first-order valence-corrected chi connectivity index (χ1v) is 8.78. The number of hydrogen-bond donors (Lipinski definition) is 2. The average molecular weight is 344 g/mol. The van der Waals surface area contributed by atoms with Crippen molar-refractivity contribution in [3.63, 3.8) is 0 Å². The molecule has 1 aliphatic carbocycles. The van der Waals surface area contributed by atoms with Crippen molar-refractivity contribution in [2.75, 3.05) is 0 Å². The fourth-order valence-corrected chi connectivity index (χ4v) is 3.85. The first-order chi connectivity index (χ1) is 12.0. The SMILES string of the molecule is CCC(=O)N(N)C1c2cc(C(N)=O)ccc2C(=O)N1C1CCCCC1. The number of amides is 3. The van der Waals surface area contributed by atoms with Gasteiger partial charge in [-0.1, -0.05) is 26.2 Å². The zero-order valence-electron chi connectivity index (χ0n) is 14.4. The topological polar surface area (TPSA) is 110 Å². The summed E-state index contributed by atoms with van der Waals surface area (Å²) in [5.74, 6) is 5.14. The second-order valence-electron chi connectivity index (χ2n) is 6.70. The minimum atomic E-state index is -0.683. The van der Waals surface area contributed by atoms with Gasteiger partial charge in [0.05, 0.1) is 0 Å². The number of fused-ring (bicyclic) bond motifs is 1. The molecule has 1 fully saturated rings. The summed E-state index contributed by atoms with van der Waals surface area (Å²) in [6.45, 7) is 1.73. The van der Waals surface area contributed by atoms with Crippen molar-refractivity contribution in [2.24, 2.45) is 11.6 Å². The fraction of sp³-hybridized carbons (Fsp3) is 0.500. The van der Waals surface area contributed by atoms with Gasteiger partial charge in [0.1, 0.15) is 6.17 Å². The number of rotatable bonds is 4. The summed E-state index contributed by atoms with van der Waals surface area (Å²) in [6.07, 6.45) is 4.61. The van der Waals surface area contributed by atoms with E-state index >= 15 is 0 Å². The zero-order valence-corrected chi connectivity index (χ0v) is 14.4. The Bertz CT molecular complexity index is 712. The summed E-state index contributed by atoms with van der Waals surface area (Å²) in [6, 6.07) is 4.79. The summed E-state index contributed by atoms with van der Waals surface area (Å²) in [4.78, 5) is 38.5. The lowest BCUT2D eigenvalue weighted by atomic mass is 9.94. The molecule has 0 radical (unpaired) electrons. The zero-order chi connectivity index (χ0) is 18.1. The molecule has 0 bridgehead atoms. The van der Waals surface area contributed by atoms with Gasteiger partial charge in [0.25, 0.3) is 5.91 Å². The maximum Gasteiger partial charge on any atom is 0.256 e. The van der Waals surface area contributed by atoms with Crippen LogP contribution in [0.1, 0.15) is 77.9 Å². The number of carbonyl (C=O) groups is 3. The first-order valence-electron chi connectivity index (χ1n) is 8.78. The van der Waals surface area contributed by atoms with Gasteiger partial charge in [-0.05, 0) is 31.0 Å². The van der Waals surface area contributed by atoms with Crippen molar-refractivity contribution >= 4 is 17.7 Å². The summed E-state index contributed by atoms with van der Waals surface area (Å²) < 4.78 is 0. The van der Waals surface area contributed by atoms with Gasteiger partial charge < -0.3 is 10.6 Å². The van der Waals surface area contributed by atoms with Crippen LogP contribution in [0.5, 0.6) is 0 Å². The van der Waals surface area contributed by atoms with Crippen molar-refractivity contribution in [2.45, 2.75) is 57.7 Å². The van der Waals surface area contributed by atoms with E-state index in [0.717, 1.165) is 37.1 Å².